The van der Waals surface area contributed by atoms with Crippen molar-refractivity contribution < 1.29 is 19.1 Å². The first-order valence-corrected chi connectivity index (χ1v) is 8.83. The summed E-state index contributed by atoms with van der Waals surface area (Å²) in [7, 11) is 0. The average Bonchev–Trinajstić information content (AvgIpc) is 2.68. The molecule has 2 rings (SSSR count). The number of hydrogen-bond acceptors (Lipinski definition) is 5. The number of nitrogens with zero attached hydrogens (tertiary/aromatic N) is 2. The minimum Gasteiger partial charge on any atom is -0.493 e. The minimum absolute atomic E-state index is 0.00864. The highest BCUT2D eigenvalue weighted by atomic mass is 16.5. The van der Waals surface area contributed by atoms with Crippen LogP contribution in [0.5, 0.6) is 5.75 Å². The fraction of sp³-hybridized carbons (Fsp3) is 0.500. The Bertz CT molecular complexity index is 600. The van der Waals surface area contributed by atoms with Crippen molar-refractivity contribution in [3.8, 4) is 5.75 Å². The Balaban J connectivity index is 1.63. The maximum Gasteiger partial charge on any atom is 0.233 e. The normalized spacial score (nSPS) is 14.0. The second kappa shape index (κ2) is 10.4. The second-order valence-electron chi connectivity index (χ2n) is 6.09. The molecule has 1 aliphatic heterocycles. The van der Waals surface area contributed by atoms with Crippen LogP contribution in [0.3, 0.4) is 0 Å². The van der Waals surface area contributed by atoms with Gasteiger partial charge in [-0.05, 0) is 18.6 Å². The van der Waals surface area contributed by atoms with Crippen LogP contribution < -0.4 is 16.0 Å². The smallest absolute Gasteiger partial charge is 0.233 e. The molecule has 26 heavy (non-hydrogen) atoms. The van der Waals surface area contributed by atoms with E-state index in [-0.39, 0.29) is 24.1 Å². The summed E-state index contributed by atoms with van der Waals surface area (Å²) >= 11 is 0. The van der Waals surface area contributed by atoms with Gasteiger partial charge in [0.15, 0.2) is 0 Å². The molecule has 0 unspecified atom stereocenters. The van der Waals surface area contributed by atoms with E-state index in [1.165, 1.54) is 0 Å². The van der Waals surface area contributed by atoms with Gasteiger partial charge in [0, 0.05) is 39.0 Å². The fourth-order valence-corrected chi connectivity index (χ4v) is 2.77. The van der Waals surface area contributed by atoms with E-state index in [2.05, 4.69) is 0 Å². The highest BCUT2D eigenvalue weighted by Gasteiger charge is 2.23. The molecule has 8 nitrogen and oxygen atoms in total. The molecule has 0 spiro atoms. The summed E-state index contributed by atoms with van der Waals surface area (Å²) in [6, 6.07) is 9.38. The van der Waals surface area contributed by atoms with Crippen molar-refractivity contribution >= 4 is 17.7 Å². The van der Waals surface area contributed by atoms with Gasteiger partial charge < -0.3 is 14.5 Å². The number of hydrazine groups is 1. The third-order valence-corrected chi connectivity index (χ3v) is 4.27. The van der Waals surface area contributed by atoms with Gasteiger partial charge in [-0.15, -0.1) is 0 Å². The number of rotatable bonds is 8. The number of benzene rings is 1. The predicted octanol–water partition coefficient (Wildman–Crippen LogP) is 0.287. The highest BCUT2D eigenvalue weighted by molar-refractivity contribution is 5.79. The van der Waals surface area contributed by atoms with Gasteiger partial charge in [-0.25, -0.2) is 5.84 Å². The Labute approximate surface area is 153 Å². The number of para-hydroxylation sites is 1. The summed E-state index contributed by atoms with van der Waals surface area (Å²) in [5, 5.41) is 0. The third kappa shape index (κ3) is 6.36. The summed E-state index contributed by atoms with van der Waals surface area (Å²) < 4.78 is 5.55. The third-order valence-electron chi connectivity index (χ3n) is 4.27. The van der Waals surface area contributed by atoms with E-state index < -0.39 is 0 Å². The van der Waals surface area contributed by atoms with E-state index >= 15 is 0 Å². The zero-order chi connectivity index (χ0) is 18.8. The molecule has 0 aliphatic carbocycles. The van der Waals surface area contributed by atoms with Crippen LogP contribution in [0.2, 0.25) is 0 Å². The summed E-state index contributed by atoms with van der Waals surface area (Å²) in [4.78, 5) is 38.9. The summed E-state index contributed by atoms with van der Waals surface area (Å²) in [6.07, 6.45) is 1.34. The Morgan fingerprint density at radius 1 is 0.923 bits per heavy atom. The molecule has 1 heterocycles. The van der Waals surface area contributed by atoms with Gasteiger partial charge in [0.1, 0.15) is 5.75 Å². The van der Waals surface area contributed by atoms with E-state index in [4.69, 9.17) is 10.6 Å². The minimum atomic E-state index is -0.272. The topological polar surface area (TPSA) is 105 Å². The van der Waals surface area contributed by atoms with E-state index in [0.29, 0.717) is 52.0 Å². The maximum atomic E-state index is 12.2. The molecular formula is C18H26N4O4. The van der Waals surface area contributed by atoms with E-state index in [0.717, 1.165) is 5.75 Å². The van der Waals surface area contributed by atoms with Crippen LogP contribution >= 0.6 is 0 Å². The van der Waals surface area contributed by atoms with Crippen molar-refractivity contribution in [3.63, 3.8) is 0 Å². The number of amides is 3. The molecule has 1 aromatic rings. The number of hydrogen-bond donors (Lipinski definition) is 2. The fourth-order valence-electron chi connectivity index (χ4n) is 2.77. The van der Waals surface area contributed by atoms with Crippen molar-refractivity contribution in [2.24, 2.45) is 5.84 Å². The molecule has 0 radical (unpaired) electrons. The van der Waals surface area contributed by atoms with Crippen LogP contribution in [0, 0.1) is 0 Å². The monoisotopic (exact) mass is 362 g/mol. The number of nitrogens with two attached hydrogens (primary N) is 1. The first-order valence-electron chi connectivity index (χ1n) is 8.83. The van der Waals surface area contributed by atoms with Gasteiger partial charge in [-0.1, -0.05) is 18.2 Å². The van der Waals surface area contributed by atoms with E-state index in [9.17, 15) is 14.4 Å². The lowest BCUT2D eigenvalue weighted by Crippen LogP contribution is -2.50. The van der Waals surface area contributed by atoms with Crippen LogP contribution in [-0.4, -0.2) is 60.3 Å². The van der Waals surface area contributed by atoms with Crippen molar-refractivity contribution in [2.45, 2.75) is 25.7 Å². The zero-order valence-corrected chi connectivity index (χ0v) is 14.9. The van der Waals surface area contributed by atoms with Crippen LogP contribution in [0.1, 0.15) is 25.7 Å². The van der Waals surface area contributed by atoms with Gasteiger partial charge in [-0.3, -0.25) is 19.8 Å². The van der Waals surface area contributed by atoms with Gasteiger partial charge in [-0.2, -0.15) is 0 Å². The Hall–Kier alpha value is -2.61. The quantitative estimate of drug-likeness (QED) is 0.393. The molecule has 1 saturated heterocycles. The first kappa shape index (κ1) is 19.7. The molecule has 1 fully saturated rings. The first-order chi connectivity index (χ1) is 12.6. The van der Waals surface area contributed by atoms with Crippen molar-refractivity contribution in [1.82, 2.24) is 15.2 Å². The Morgan fingerprint density at radius 2 is 1.50 bits per heavy atom. The van der Waals surface area contributed by atoms with Gasteiger partial charge in [0.05, 0.1) is 13.0 Å². The maximum absolute atomic E-state index is 12.2. The Morgan fingerprint density at radius 3 is 2.08 bits per heavy atom. The summed E-state index contributed by atoms with van der Waals surface area (Å²) in [5.74, 6) is 5.52. The number of ether oxygens (including phenoxy) is 1. The predicted molar refractivity (Wildman–Crippen MR) is 95.9 cm³/mol. The van der Waals surface area contributed by atoms with E-state index in [1.54, 1.807) is 9.80 Å². The molecule has 142 valence electrons. The number of carbonyl (C=O) groups excluding carboxylic acids is 3. The molecule has 1 aromatic carbocycles. The van der Waals surface area contributed by atoms with Gasteiger partial charge in [0.2, 0.25) is 17.7 Å². The highest BCUT2D eigenvalue weighted by Crippen LogP contribution is 2.10. The molecule has 0 atom stereocenters. The van der Waals surface area contributed by atoms with Crippen molar-refractivity contribution in [1.29, 1.82) is 0 Å². The van der Waals surface area contributed by atoms with Gasteiger partial charge >= 0.3 is 0 Å². The average molecular weight is 362 g/mol. The molecule has 0 saturated carbocycles. The van der Waals surface area contributed by atoms with Crippen LogP contribution in [0.15, 0.2) is 30.3 Å². The van der Waals surface area contributed by atoms with Crippen molar-refractivity contribution in [3.05, 3.63) is 30.3 Å². The number of piperazine rings is 1. The lowest BCUT2D eigenvalue weighted by atomic mass is 10.2. The van der Waals surface area contributed by atoms with E-state index in [1.807, 2.05) is 35.8 Å². The zero-order valence-electron chi connectivity index (χ0n) is 14.9. The molecule has 3 N–H and O–H groups in total. The standard InChI is InChI=1S/C18H26N4O4/c19-20-16(23)7-4-8-17(24)21-10-12-22(13-11-21)18(25)9-14-26-15-5-2-1-3-6-15/h1-3,5-6H,4,7-14,19H2,(H,20,23). The van der Waals surface area contributed by atoms with Crippen LogP contribution in [0.4, 0.5) is 0 Å². The lowest BCUT2D eigenvalue weighted by molar-refractivity contribution is -0.140. The molecule has 1 aliphatic rings. The molecule has 0 bridgehead atoms. The largest absolute Gasteiger partial charge is 0.493 e. The summed E-state index contributed by atoms with van der Waals surface area (Å²) in [6.45, 7) is 2.43. The lowest BCUT2D eigenvalue weighted by Gasteiger charge is -2.35. The second-order valence-corrected chi connectivity index (χ2v) is 6.09. The Kier molecular flexibility index (Phi) is 7.88. The van der Waals surface area contributed by atoms with Crippen molar-refractivity contribution in [2.75, 3.05) is 32.8 Å². The molecule has 8 heteroatoms. The molecule has 0 aromatic heterocycles. The molecular weight excluding hydrogens is 336 g/mol. The van der Waals surface area contributed by atoms with Crippen LogP contribution in [-0.2, 0) is 14.4 Å². The molecule has 3 amide bonds. The number of carbonyl (C=O) groups is 3. The number of nitrogens with one attached hydrogen (secondary N) is 1. The summed E-state index contributed by atoms with van der Waals surface area (Å²) in [5.41, 5.74) is 2.05. The van der Waals surface area contributed by atoms with Crippen LogP contribution in [0.25, 0.3) is 0 Å². The van der Waals surface area contributed by atoms with Gasteiger partial charge in [0.25, 0.3) is 0 Å². The SMILES string of the molecule is NNC(=O)CCCC(=O)N1CCN(C(=O)CCOc2ccccc2)CC1.